The van der Waals surface area contributed by atoms with Crippen LogP contribution < -0.4 is 10.6 Å². The number of benzene rings is 2. The summed E-state index contributed by atoms with van der Waals surface area (Å²) in [5.41, 5.74) is 2.51. The number of nitrogens with one attached hydrogen (secondary N) is 2. The quantitative estimate of drug-likeness (QED) is 0.401. The summed E-state index contributed by atoms with van der Waals surface area (Å²) in [4.78, 5) is 22.3. The number of amides is 1. The Morgan fingerprint density at radius 1 is 1.00 bits per heavy atom. The van der Waals surface area contributed by atoms with Gasteiger partial charge in [0.05, 0.1) is 10.6 Å². The van der Waals surface area contributed by atoms with Crippen LogP contribution in [0.3, 0.4) is 0 Å². The Morgan fingerprint density at radius 3 is 2.45 bits per heavy atom. The van der Waals surface area contributed by atoms with Crippen LogP contribution in [0.1, 0.15) is 18.5 Å². The summed E-state index contributed by atoms with van der Waals surface area (Å²) >= 11 is 13.0. The van der Waals surface area contributed by atoms with Crippen LogP contribution >= 0.6 is 23.2 Å². The highest BCUT2D eigenvalue weighted by Gasteiger charge is 2.35. The number of halogens is 2. The zero-order chi connectivity index (χ0) is 22.9. The zero-order valence-corrected chi connectivity index (χ0v) is 19.0. The van der Waals surface area contributed by atoms with Gasteiger partial charge in [0.15, 0.2) is 5.82 Å². The van der Waals surface area contributed by atoms with Crippen LogP contribution in [-0.4, -0.2) is 25.7 Å². The molecule has 2 aromatic heterocycles. The Kier molecular flexibility index (Phi) is 5.58. The first-order chi connectivity index (χ1) is 16.0. The van der Waals surface area contributed by atoms with Crippen LogP contribution in [-0.2, 0) is 4.79 Å². The molecule has 0 aliphatic carbocycles. The predicted molar refractivity (Wildman–Crippen MR) is 129 cm³/mol. The number of hydrogen-bond donors (Lipinski definition) is 2. The van der Waals surface area contributed by atoms with Gasteiger partial charge in [0.25, 0.3) is 5.91 Å². The number of allylic oxidation sites excluding steroid dienone is 1. The van der Waals surface area contributed by atoms with Crippen molar-refractivity contribution in [1.82, 2.24) is 19.7 Å². The topological polar surface area (TPSA) is 84.7 Å². The molecule has 0 bridgehead atoms. The van der Waals surface area contributed by atoms with Gasteiger partial charge in [0.2, 0.25) is 5.95 Å². The average molecular weight is 477 g/mol. The van der Waals surface area contributed by atoms with Crippen molar-refractivity contribution in [3.05, 3.63) is 99.8 Å². The lowest BCUT2D eigenvalue weighted by Gasteiger charge is -2.29. The molecule has 7 nitrogen and oxygen atoms in total. The van der Waals surface area contributed by atoms with Crippen LogP contribution in [0.5, 0.6) is 0 Å². The Balaban J connectivity index is 1.64. The van der Waals surface area contributed by atoms with Crippen molar-refractivity contribution in [3.8, 4) is 11.4 Å². The molecule has 0 saturated carbocycles. The second-order valence-corrected chi connectivity index (χ2v) is 8.25. The van der Waals surface area contributed by atoms with E-state index in [2.05, 4.69) is 20.6 Å². The van der Waals surface area contributed by atoms with E-state index in [1.807, 2.05) is 43.3 Å². The third-order valence-electron chi connectivity index (χ3n) is 5.32. The van der Waals surface area contributed by atoms with Crippen LogP contribution in [0.2, 0.25) is 10.0 Å². The van der Waals surface area contributed by atoms with Gasteiger partial charge >= 0.3 is 0 Å². The molecule has 3 heterocycles. The van der Waals surface area contributed by atoms with Gasteiger partial charge in [-0.05, 0) is 37.3 Å². The van der Waals surface area contributed by atoms with Gasteiger partial charge in [0, 0.05) is 28.0 Å². The average Bonchev–Trinajstić information content (AvgIpc) is 3.23. The number of anilines is 2. The van der Waals surface area contributed by atoms with Crippen molar-refractivity contribution < 1.29 is 4.79 Å². The fraction of sp³-hybridized carbons (Fsp3) is 0.0833. The monoisotopic (exact) mass is 476 g/mol. The SMILES string of the molecule is CC1=C(C(=O)Nc2ccccn2)C(c2ccccc2Cl)n2nc(-c3ccccc3Cl)nc2N1. The summed E-state index contributed by atoms with van der Waals surface area (Å²) in [5.74, 6) is 1.06. The molecule has 5 rings (SSSR count). The lowest BCUT2D eigenvalue weighted by molar-refractivity contribution is -0.113. The number of carbonyl (C=O) groups excluding carboxylic acids is 1. The Hall–Kier alpha value is -3.68. The summed E-state index contributed by atoms with van der Waals surface area (Å²) in [6.45, 7) is 1.82. The fourth-order valence-corrected chi connectivity index (χ4v) is 4.27. The van der Waals surface area contributed by atoms with E-state index < -0.39 is 6.04 Å². The zero-order valence-electron chi connectivity index (χ0n) is 17.5. The molecule has 1 unspecified atom stereocenters. The minimum absolute atomic E-state index is 0.316. The predicted octanol–water partition coefficient (Wildman–Crippen LogP) is 5.57. The highest BCUT2D eigenvalue weighted by Crippen LogP contribution is 2.39. The molecule has 4 aromatic rings. The molecule has 9 heteroatoms. The van der Waals surface area contributed by atoms with Gasteiger partial charge in [-0.25, -0.2) is 9.67 Å². The number of aromatic nitrogens is 4. The summed E-state index contributed by atoms with van der Waals surface area (Å²) in [5, 5.41) is 11.8. The summed E-state index contributed by atoms with van der Waals surface area (Å²) < 4.78 is 1.67. The normalized spacial score (nSPS) is 15.1. The van der Waals surface area contributed by atoms with Gasteiger partial charge in [-0.3, -0.25) is 4.79 Å². The van der Waals surface area contributed by atoms with Gasteiger partial charge in [0.1, 0.15) is 11.9 Å². The molecule has 1 amide bonds. The Labute approximate surface area is 200 Å². The van der Waals surface area contributed by atoms with Crippen molar-refractivity contribution in [2.75, 3.05) is 10.6 Å². The summed E-state index contributed by atoms with van der Waals surface area (Å²) in [6.07, 6.45) is 1.62. The number of nitrogens with zero attached hydrogens (tertiary/aromatic N) is 4. The molecular weight excluding hydrogens is 459 g/mol. The maximum absolute atomic E-state index is 13.4. The number of hydrogen-bond acceptors (Lipinski definition) is 5. The van der Waals surface area contributed by atoms with Crippen molar-refractivity contribution in [3.63, 3.8) is 0 Å². The van der Waals surface area contributed by atoms with Crippen molar-refractivity contribution in [2.45, 2.75) is 13.0 Å². The molecule has 33 heavy (non-hydrogen) atoms. The van der Waals surface area contributed by atoms with E-state index in [-0.39, 0.29) is 5.91 Å². The number of fused-ring (bicyclic) bond motifs is 1. The van der Waals surface area contributed by atoms with E-state index in [1.165, 1.54) is 0 Å². The van der Waals surface area contributed by atoms with E-state index in [0.29, 0.717) is 44.5 Å². The van der Waals surface area contributed by atoms with Crippen LogP contribution in [0.15, 0.2) is 84.2 Å². The van der Waals surface area contributed by atoms with E-state index in [0.717, 1.165) is 5.56 Å². The van der Waals surface area contributed by atoms with E-state index in [1.54, 1.807) is 41.2 Å². The van der Waals surface area contributed by atoms with Crippen molar-refractivity contribution >= 4 is 40.9 Å². The van der Waals surface area contributed by atoms with E-state index >= 15 is 0 Å². The highest BCUT2D eigenvalue weighted by atomic mass is 35.5. The first-order valence-electron chi connectivity index (χ1n) is 10.2. The lowest BCUT2D eigenvalue weighted by Crippen LogP contribution is -2.31. The molecule has 1 aliphatic heterocycles. The maximum Gasteiger partial charge on any atom is 0.257 e. The standard InChI is InChI=1S/C24H18Cl2N6O/c1-14-20(23(33)29-19-12-6-7-13-27-19)21(15-8-2-4-10-17(15)25)32-24(28-14)30-22(31-32)16-9-3-5-11-18(16)26/h2-13,21H,1H3,(H,27,29,33)(H,28,30,31). The number of pyridine rings is 1. The van der Waals surface area contributed by atoms with Crippen LogP contribution in [0.25, 0.3) is 11.4 Å². The first-order valence-corrected chi connectivity index (χ1v) is 10.9. The molecule has 0 spiro atoms. The minimum atomic E-state index is -0.609. The fourth-order valence-electron chi connectivity index (χ4n) is 3.81. The van der Waals surface area contributed by atoms with Crippen molar-refractivity contribution in [2.24, 2.45) is 0 Å². The van der Waals surface area contributed by atoms with Gasteiger partial charge in [-0.1, -0.05) is 59.6 Å². The second kappa shape index (κ2) is 8.69. The lowest BCUT2D eigenvalue weighted by atomic mass is 9.95. The molecule has 2 N–H and O–H groups in total. The van der Waals surface area contributed by atoms with E-state index in [9.17, 15) is 4.79 Å². The number of carbonyl (C=O) groups is 1. The molecule has 0 saturated heterocycles. The molecule has 1 atom stereocenters. The largest absolute Gasteiger partial charge is 0.328 e. The van der Waals surface area contributed by atoms with E-state index in [4.69, 9.17) is 28.3 Å². The first kappa shape index (κ1) is 21.2. The van der Waals surface area contributed by atoms with Gasteiger partial charge in [-0.15, -0.1) is 5.10 Å². The molecule has 1 aliphatic rings. The highest BCUT2D eigenvalue weighted by molar-refractivity contribution is 6.33. The van der Waals surface area contributed by atoms with Crippen molar-refractivity contribution in [1.29, 1.82) is 0 Å². The molecule has 2 aromatic carbocycles. The Morgan fingerprint density at radius 2 is 1.73 bits per heavy atom. The van der Waals surface area contributed by atoms with Crippen LogP contribution in [0.4, 0.5) is 11.8 Å². The Bertz CT molecular complexity index is 1380. The van der Waals surface area contributed by atoms with Crippen LogP contribution in [0, 0.1) is 0 Å². The molecule has 0 radical (unpaired) electrons. The smallest absolute Gasteiger partial charge is 0.257 e. The third-order valence-corrected chi connectivity index (χ3v) is 5.99. The molecular formula is C24H18Cl2N6O. The number of rotatable bonds is 4. The maximum atomic E-state index is 13.4. The second-order valence-electron chi connectivity index (χ2n) is 7.44. The summed E-state index contributed by atoms with van der Waals surface area (Å²) in [6, 6.07) is 19.4. The third kappa shape index (κ3) is 3.97. The molecule has 164 valence electrons. The van der Waals surface area contributed by atoms with Gasteiger partial charge in [-0.2, -0.15) is 4.98 Å². The minimum Gasteiger partial charge on any atom is -0.328 e. The summed E-state index contributed by atoms with van der Waals surface area (Å²) in [7, 11) is 0. The van der Waals surface area contributed by atoms with Gasteiger partial charge < -0.3 is 10.6 Å². The molecule has 0 fully saturated rings.